The topological polar surface area (TPSA) is 76.4 Å². The lowest BCUT2D eigenvalue weighted by molar-refractivity contribution is 0.103. The van der Waals surface area contributed by atoms with Crippen LogP contribution < -0.4 is 5.56 Å². The van der Waals surface area contributed by atoms with Crippen LogP contribution >= 0.6 is 23.4 Å². The van der Waals surface area contributed by atoms with Crippen molar-refractivity contribution in [3.8, 4) is 0 Å². The number of thioether (sulfide) groups is 1. The van der Waals surface area contributed by atoms with Crippen molar-refractivity contribution in [1.82, 2.24) is 9.78 Å². The van der Waals surface area contributed by atoms with Crippen molar-refractivity contribution >= 4 is 34.9 Å². The van der Waals surface area contributed by atoms with Crippen molar-refractivity contribution in [1.29, 1.82) is 0 Å². The second-order valence-corrected chi connectivity index (χ2v) is 7.13. The molecule has 2 heterocycles. The molecule has 1 aromatic carbocycles. The molecule has 3 rings (SSSR count). The van der Waals surface area contributed by atoms with Crippen molar-refractivity contribution in [3.63, 3.8) is 0 Å². The molecule has 1 aromatic heterocycles. The Hall–Kier alpha value is -1.99. The summed E-state index contributed by atoms with van der Waals surface area (Å²) < 4.78 is 1.39. The van der Waals surface area contributed by atoms with Crippen molar-refractivity contribution in [2.75, 3.05) is 12.9 Å². The summed E-state index contributed by atoms with van der Waals surface area (Å²) >= 11 is 8.06. The van der Waals surface area contributed by atoms with Gasteiger partial charge in [-0.05, 0) is 25.5 Å². The Morgan fingerprint density at radius 2 is 2.24 bits per heavy atom. The Kier molecular flexibility index (Phi) is 5.06. The predicted octanol–water partition coefficient (Wildman–Crippen LogP) is 3.24. The van der Waals surface area contributed by atoms with Crippen LogP contribution in [0.4, 0.5) is 0 Å². The Morgan fingerprint density at radius 1 is 1.48 bits per heavy atom. The number of halogens is 1. The van der Waals surface area contributed by atoms with E-state index in [1.165, 1.54) is 18.0 Å². The van der Waals surface area contributed by atoms with Gasteiger partial charge in [-0.3, -0.25) is 14.3 Å². The second-order valence-electron chi connectivity index (χ2n) is 5.62. The number of rotatable bonds is 4. The van der Waals surface area contributed by atoms with E-state index in [2.05, 4.69) is 10.3 Å². The number of benzene rings is 1. The van der Waals surface area contributed by atoms with Crippen molar-refractivity contribution < 1.29 is 9.63 Å². The molecule has 0 saturated heterocycles. The quantitative estimate of drug-likeness (QED) is 0.653. The summed E-state index contributed by atoms with van der Waals surface area (Å²) in [5.74, 6) is 0.503. The Labute approximate surface area is 154 Å². The van der Waals surface area contributed by atoms with Gasteiger partial charge in [0, 0.05) is 40.9 Å². The van der Waals surface area contributed by atoms with Crippen LogP contribution in [0, 0.1) is 6.92 Å². The maximum atomic E-state index is 12.9. The lowest BCUT2D eigenvalue weighted by Crippen LogP contribution is -2.22. The number of nitrogens with one attached hydrogen (secondary N) is 1. The summed E-state index contributed by atoms with van der Waals surface area (Å²) in [6.45, 7) is 4.15. The molecule has 0 saturated carbocycles. The highest BCUT2D eigenvalue weighted by molar-refractivity contribution is 7.99. The first kappa shape index (κ1) is 17.8. The molecule has 0 unspecified atom stereocenters. The number of hydrogen-bond acceptors (Lipinski definition) is 5. The number of fused-ring (bicyclic) bond motifs is 1. The number of nitrogens with zero attached hydrogens (tertiary/aromatic N) is 2. The summed E-state index contributed by atoms with van der Waals surface area (Å²) in [5.41, 5.74) is 2.55. The lowest BCUT2D eigenvalue weighted by atomic mass is 9.93. The van der Waals surface area contributed by atoms with Crippen LogP contribution in [-0.2, 0) is 11.4 Å². The molecule has 1 aliphatic heterocycles. The largest absolute Gasteiger partial charge is 0.399 e. The van der Waals surface area contributed by atoms with E-state index in [-0.39, 0.29) is 16.9 Å². The SMILES string of the molecule is CCn1[nH]cc(C(=O)c2cc(Cl)c3c(c2C)/C(=N/OC)CCS3)c1=O. The molecular weight excluding hydrogens is 362 g/mol. The highest BCUT2D eigenvalue weighted by atomic mass is 35.5. The van der Waals surface area contributed by atoms with Crippen molar-refractivity contribution in [2.24, 2.45) is 5.16 Å². The van der Waals surface area contributed by atoms with Crippen LogP contribution in [0.15, 0.2) is 27.1 Å². The summed E-state index contributed by atoms with van der Waals surface area (Å²) in [6.07, 6.45) is 2.17. The average Bonchev–Trinajstić information content (AvgIpc) is 2.98. The zero-order valence-corrected chi connectivity index (χ0v) is 15.8. The van der Waals surface area contributed by atoms with Crippen molar-refractivity contribution in [2.45, 2.75) is 31.7 Å². The van der Waals surface area contributed by atoms with Crippen LogP contribution in [0.2, 0.25) is 5.02 Å². The van der Waals surface area contributed by atoms with Gasteiger partial charge in [0.15, 0.2) is 0 Å². The van der Waals surface area contributed by atoms with Crippen LogP contribution in [0.25, 0.3) is 0 Å². The minimum Gasteiger partial charge on any atom is -0.399 e. The van der Waals surface area contributed by atoms with E-state index >= 15 is 0 Å². The summed E-state index contributed by atoms with van der Waals surface area (Å²) in [4.78, 5) is 31.1. The van der Waals surface area contributed by atoms with Gasteiger partial charge in [0.1, 0.15) is 12.7 Å². The fourth-order valence-corrected chi connectivity index (χ4v) is 4.46. The molecular formula is C17H18ClN3O3S. The molecule has 8 heteroatoms. The fraction of sp³-hybridized carbons (Fsp3) is 0.353. The summed E-state index contributed by atoms with van der Waals surface area (Å²) in [7, 11) is 1.49. The van der Waals surface area contributed by atoms with Gasteiger partial charge in [-0.25, -0.2) is 0 Å². The second kappa shape index (κ2) is 7.09. The Bertz CT molecular complexity index is 930. The van der Waals surface area contributed by atoms with E-state index < -0.39 is 0 Å². The maximum Gasteiger partial charge on any atom is 0.277 e. The highest BCUT2D eigenvalue weighted by Gasteiger charge is 2.27. The van der Waals surface area contributed by atoms with Crippen molar-refractivity contribution in [3.05, 3.63) is 49.9 Å². The predicted molar refractivity (Wildman–Crippen MR) is 99.2 cm³/mol. The van der Waals surface area contributed by atoms with Crippen LogP contribution in [0.5, 0.6) is 0 Å². The molecule has 0 fully saturated rings. The Morgan fingerprint density at radius 3 is 2.88 bits per heavy atom. The fourth-order valence-electron chi connectivity index (χ4n) is 2.98. The molecule has 0 spiro atoms. The van der Waals surface area contributed by atoms with E-state index in [0.717, 1.165) is 33.9 Å². The summed E-state index contributed by atoms with van der Waals surface area (Å²) in [5, 5.41) is 7.39. The van der Waals surface area contributed by atoms with E-state index in [4.69, 9.17) is 16.4 Å². The van der Waals surface area contributed by atoms with E-state index in [0.29, 0.717) is 17.1 Å². The first-order valence-corrected chi connectivity index (χ1v) is 9.25. The highest BCUT2D eigenvalue weighted by Crippen LogP contribution is 2.39. The van der Waals surface area contributed by atoms with Gasteiger partial charge < -0.3 is 9.94 Å². The van der Waals surface area contributed by atoms with E-state index in [9.17, 15) is 9.59 Å². The number of ketones is 1. The normalized spacial score (nSPS) is 15.3. The monoisotopic (exact) mass is 379 g/mol. The Balaban J connectivity index is 2.18. The molecule has 1 aliphatic rings. The molecule has 0 atom stereocenters. The molecule has 0 bridgehead atoms. The van der Waals surface area contributed by atoms with Gasteiger partial charge in [-0.1, -0.05) is 16.8 Å². The molecule has 2 aromatic rings. The number of aromatic nitrogens is 2. The number of oxime groups is 1. The molecule has 132 valence electrons. The number of aromatic amines is 1. The standard InChI is InChI=1S/C17H18ClN3O3S/c1-4-21-17(23)11(8-19-21)15(22)10-7-12(18)16-14(9(10)2)13(20-24-3)5-6-25-16/h7-8,19H,4-6H2,1-3H3/b20-13+. The molecule has 25 heavy (non-hydrogen) atoms. The minimum atomic E-state index is -0.344. The van der Waals surface area contributed by atoms with Crippen LogP contribution in [0.3, 0.4) is 0 Å². The smallest absolute Gasteiger partial charge is 0.277 e. The lowest BCUT2D eigenvalue weighted by Gasteiger charge is -2.22. The third-order valence-corrected chi connectivity index (χ3v) is 5.75. The van der Waals surface area contributed by atoms with Gasteiger partial charge in [-0.2, -0.15) is 0 Å². The van der Waals surface area contributed by atoms with Crippen LogP contribution in [-0.4, -0.2) is 34.1 Å². The number of aryl methyl sites for hydroxylation is 1. The average molecular weight is 380 g/mol. The van der Waals surface area contributed by atoms with Gasteiger partial charge >= 0.3 is 0 Å². The molecule has 0 aliphatic carbocycles. The first-order valence-electron chi connectivity index (χ1n) is 7.88. The van der Waals surface area contributed by atoms with E-state index in [1.807, 2.05) is 13.8 Å². The third-order valence-electron chi connectivity index (χ3n) is 4.22. The summed E-state index contributed by atoms with van der Waals surface area (Å²) in [6, 6.07) is 1.64. The van der Waals surface area contributed by atoms with Crippen LogP contribution in [0.1, 0.15) is 40.4 Å². The van der Waals surface area contributed by atoms with Gasteiger partial charge in [0.25, 0.3) is 5.56 Å². The van der Waals surface area contributed by atoms with Gasteiger partial charge in [0.2, 0.25) is 5.78 Å². The number of carbonyl (C=O) groups excluding carboxylic acids is 1. The number of hydrogen-bond donors (Lipinski definition) is 1. The molecule has 1 N–H and O–H groups in total. The van der Waals surface area contributed by atoms with Gasteiger partial charge in [0.05, 0.1) is 10.7 Å². The zero-order valence-electron chi connectivity index (χ0n) is 14.2. The zero-order chi connectivity index (χ0) is 18.1. The first-order chi connectivity index (χ1) is 12.0. The minimum absolute atomic E-state index is 0.106. The maximum absolute atomic E-state index is 12.9. The third kappa shape index (κ3) is 3.02. The number of H-pyrrole nitrogens is 1. The number of carbonyl (C=O) groups is 1. The molecule has 0 radical (unpaired) electrons. The molecule has 0 amide bonds. The van der Waals surface area contributed by atoms with E-state index in [1.54, 1.807) is 17.8 Å². The molecule has 6 nitrogen and oxygen atoms in total. The van der Waals surface area contributed by atoms with Gasteiger partial charge in [-0.15, -0.1) is 11.8 Å².